The molecular formula is C13H17FN2O. The second kappa shape index (κ2) is 5.65. The number of anilines is 1. The molecule has 1 rings (SSSR count). The summed E-state index contributed by atoms with van der Waals surface area (Å²) in [4.78, 5) is 0. The van der Waals surface area contributed by atoms with E-state index in [1.807, 2.05) is 26.8 Å². The summed E-state index contributed by atoms with van der Waals surface area (Å²) in [5.74, 6) is -0.417. The van der Waals surface area contributed by atoms with E-state index in [0.717, 1.165) is 0 Å². The predicted molar refractivity (Wildman–Crippen MR) is 65.3 cm³/mol. The van der Waals surface area contributed by atoms with E-state index in [2.05, 4.69) is 5.32 Å². The Labute approximate surface area is 101 Å². The number of nitrogens with zero attached hydrogens (tertiary/aromatic N) is 1. The first kappa shape index (κ1) is 13.5. The molecule has 0 aliphatic heterocycles. The van der Waals surface area contributed by atoms with Crippen LogP contribution in [0, 0.1) is 17.1 Å². The van der Waals surface area contributed by atoms with Gasteiger partial charge in [0.05, 0.1) is 29.5 Å². The van der Waals surface area contributed by atoms with Gasteiger partial charge in [0.15, 0.2) is 0 Å². The summed E-state index contributed by atoms with van der Waals surface area (Å²) in [6.45, 7) is 6.93. The van der Waals surface area contributed by atoms with E-state index < -0.39 is 5.82 Å². The minimum atomic E-state index is -0.417. The molecule has 4 heteroatoms. The number of rotatable bonds is 4. The Hall–Kier alpha value is -1.60. The highest BCUT2D eigenvalue weighted by Crippen LogP contribution is 2.15. The molecule has 0 unspecified atom stereocenters. The summed E-state index contributed by atoms with van der Waals surface area (Å²) in [7, 11) is 0. The number of hydrogen-bond acceptors (Lipinski definition) is 3. The molecule has 1 aromatic rings. The summed E-state index contributed by atoms with van der Waals surface area (Å²) in [6.07, 6.45) is 0. The Balaban J connectivity index is 2.45. The molecule has 1 N–H and O–H groups in total. The van der Waals surface area contributed by atoms with E-state index >= 15 is 0 Å². The van der Waals surface area contributed by atoms with Gasteiger partial charge in [-0.1, -0.05) is 0 Å². The zero-order chi connectivity index (χ0) is 12.9. The van der Waals surface area contributed by atoms with Crippen molar-refractivity contribution in [3.63, 3.8) is 0 Å². The minimum absolute atomic E-state index is 0.190. The lowest BCUT2D eigenvalue weighted by atomic mass is 10.2. The van der Waals surface area contributed by atoms with Gasteiger partial charge in [-0.25, -0.2) is 4.39 Å². The van der Waals surface area contributed by atoms with Crippen LogP contribution in [0.5, 0.6) is 0 Å². The molecule has 0 aliphatic carbocycles. The van der Waals surface area contributed by atoms with E-state index in [1.165, 1.54) is 6.07 Å². The molecule has 0 bridgehead atoms. The van der Waals surface area contributed by atoms with Crippen molar-refractivity contribution in [1.29, 1.82) is 5.26 Å². The van der Waals surface area contributed by atoms with E-state index in [9.17, 15) is 4.39 Å². The van der Waals surface area contributed by atoms with Gasteiger partial charge in [-0.15, -0.1) is 0 Å². The fraction of sp³-hybridized carbons (Fsp3) is 0.462. The van der Waals surface area contributed by atoms with Gasteiger partial charge >= 0.3 is 0 Å². The molecule has 0 saturated heterocycles. The van der Waals surface area contributed by atoms with E-state index in [1.54, 1.807) is 12.1 Å². The highest BCUT2D eigenvalue weighted by atomic mass is 19.1. The van der Waals surface area contributed by atoms with Crippen LogP contribution >= 0.6 is 0 Å². The van der Waals surface area contributed by atoms with E-state index in [-0.39, 0.29) is 5.60 Å². The minimum Gasteiger partial charge on any atom is -0.380 e. The number of ether oxygens (including phenoxy) is 1. The highest BCUT2D eigenvalue weighted by Gasteiger charge is 2.09. The van der Waals surface area contributed by atoms with Crippen LogP contribution in [-0.2, 0) is 4.74 Å². The van der Waals surface area contributed by atoms with Crippen molar-refractivity contribution in [2.24, 2.45) is 0 Å². The first-order chi connectivity index (χ1) is 7.92. The fourth-order valence-electron chi connectivity index (χ4n) is 1.27. The van der Waals surface area contributed by atoms with Gasteiger partial charge in [-0.2, -0.15) is 5.26 Å². The summed E-state index contributed by atoms with van der Waals surface area (Å²) in [5, 5.41) is 11.5. The van der Waals surface area contributed by atoms with Crippen molar-refractivity contribution >= 4 is 5.69 Å². The lowest BCUT2D eigenvalue weighted by molar-refractivity contribution is 0.00332. The van der Waals surface area contributed by atoms with E-state index in [0.29, 0.717) is 24.4 Å². The van der Waals surface area contributed by atoms with Gasteiger partial charge in [0.2, 0.25) is 0 Å². The summed E-state index contributed by atoms with van der Waals surface area (Å²) in [5.41, 5.74) is 0.519. The van der Waals surface area contributed by atoms with Gasteiger partial charge < -0.3 is 10.1 Å². The van der Waals surface area contributed by atoms with Crippen LogP contribution in [0.2, 0.25) is 0 Å². The van der Waals surface area contributed by atoms with Crippen molar-refractivity contribution in [3.8, 4) is 6.07 Å². The summed E-state index contributed by atoms with van der Waals surface area (Å²) in [6, 6.07) is 6.24. The molecule has 92 valence electrons. The maximum Gasteiger partial charge on any atom is 0.147 e. The molecule has 0 spiro atoms. The van der Waals surface area contributed by atoms with Crippen LogP contribution < -0.4 is 5.32 Å². The summed E-state index contributed by atoms with van der Waals surface area (Å²) >= 11 is 0. The van der Waals surface area contributed by atoms with Crippen LogP contribution in [-0.4, -0.2) is 18.8 Å². The largest absolute Gasteiger partial charge is 0.380 e. The third-order valence-electron chi connectivity index (χ3n) is 2.05. The molecule has 17 heavy (non-hydrogen) atoms. The van der Waals surface area contributed by atoms with Crippen molar-refractivity contribution in [1.82, 2.24) is 0 Å². The maximum absolute atomic E-state index is 13.4. The van der Waals surface area contributed by atoms with Crippen LogP contribution in [0.3, 0.4) is 0 Å². The van der Waals surface area contributed by atoms with Crippen molar-refractivity contribution in [2.45, 2.75) is 26.4 Å². The van der Waals surface area contributed by atoms with Gasteiger partial charge in [-0.3, -0.25) is 0 Å². The van der Waals surface area contributed by atoms with E-state index in [4.69, 9.17) is 10.00 Å². The van der Waals surface area contributed by atoms with Crippen LogP contribution in [0.1, 0.15) is 26.3 Å². The Morgan fingerprint density at radius 1 is 1.41 bits per heavy atom. The third kappa shape index (κ3) is 4.83. The quantitative estimate of drug-likeness (QED) is 0.817. The Bertz CT molecular complexity index is 418. The molecule has 1 aromatic carbocycles. The fourth-order valence-corrected chi connectivity index (χ4v) is 1.27. The third-order valence-corrected chi connectivity index (χ3v) is 2.05. The number of nitriles is 1. The zero-order valence-corrected chi connectivity index (χ0v) is 10.4. The molecule has 0 aliphatic rings. The SMILES string of the molecule is CC(C)(C)OCCNc1ccc(C#N)cc1F. The molecular weight excluding hydrogens is 219 g/mol. The maximum atomic E-state index is 13.4. The zero-order valence-electron chi connectivity index (χ0n) is 10.4. The lowest BCUT2D eigenvalue weighted by Crippen LogP contribution is -2.23. The predicted octanol–water partition coefficient (Wildman–Crippen LogP) is 2.92. The van der Waals surface area contributed by atoms with Crippen molar-refractivity contribution in [2.75, 3.05) is 18.5 Å². The molecule has 0 amide bonds. The molecule has 0 heterocycles. The molecule has 0 fully saturated rings. The Morgan fingerprint density at radius 3 is 2.65 bits per heavy atom. The summed E-state index contributed by atoms with van der Waals surface area (Å²) < 4.78 is 18.9. The monoisotopic (exact) mass is 236 g/mol. The molecule has 3 nitrogen and oxygen atoms in total. The van der Waals surface area contributed by atoms with Gasteiger partial charge in [-0.05, 0) is 39.0 Å². The standard InChI is InChI=1S/C13H17FN2O/c1-13(2,3)17-7-6-16-12-5-4-10(9-15)8-11(12)14/h4-5,8,16H,6-7H2,1-3H3. The van der Waals surface area contributed by atoms with Gasteiger partial charge in [0.1, 0.15) is 5.82 Å². The van der Waals surface area contributed by atoms with Crippen LogP contribution in [0.4, 0.5) is 10.1 Å². The first-order valence-electron chi connectivity index (χ1n) is 5.50. The number of halogens is 1. The molecule has 0 aromatic heterocycles. The normalized spacial score (nSPS) is 11.0. The van der Waals surface area contributed by atoms with Crippen LogP contribution in [0.25, 0.3) is 0 Å². The van der Waals surface area contributed by atoms with Gasteiger partial charge in [0, 0.05) is 6.54 Å². The average molecular weight is 236 g/mol. The topological polar surface area (TPSA) is 45.0 Å². The number of nitrogens with one attached hydrogen (secondary N) is 1. The smallest absolute Gasteiger partial charge is 0.147 e. The second-order valence-corrected chi connectivity index (χ2v) is 4.69. The molecule has 0 atom stereocenters. The second-order valence-electron chi connectivity index (χ2n) is 4.69. The highest BCUT2D eigenvalue weighted by molar-refractivity contribution is 5.48. The van der Waals surface area contributed by atoms with Crippen molar-refractivity contribution in [3.05, 3.63) is 29.6 Å². The van der Waals surface area contributed by atoms with Crippen molar-refractivity contribution < 1.29 is 9.13 Å². The van der Waals surface area contributed by atoms with Gasteiger partial charge in [0.25, 0.3) is 0 Å². The lowest BCUT2D eigenvalue weighted by Gasteiger charge is -2.19. The molecule has 0 radical (unpaired) electrons. The Kier molecular flexibility index (Phi) is 4.47. The average Bonchev–Trinajstić information content (AvgIpc) is 2.24. The first-order valence-corrected chi connectivity index (χ1v) is 5.50. The van der Waals surface area contributed by atoms with Crippen LogP contribution in [0.15, 0.2) is 18.2 Å². The Morgan fingerprint density at radius 2 is 2.12 bits per heavy atom. The molecule has 0 saturated carbocycles. The number of hydrogen-bond donors (Lipinski definition) is 1. The number of benzene rings is 1.